The highest BCUT2D eigenvalue weighted by atomic mass is 32.2. The molecule has 26 heavy (non-hydrogen) atoms. The number of carbonyl (C=O) groups excluding carboxylic acids is 1. The van der Waals surface area contributed by atoms with Gasteiger partial charge in [-0.25, -0.2) is 8.42 Å². The van der Waals surface area contributed by atoms with Crippen LogP contribution in [0.3, 0.4) is 0 Å². The summed E-state index contributed by atoms with van der Waals surface area (Å²) in [6.07, 6.45) is 4.95. The summed E-state index contributed by atoms with van der Waals surface area (Å²) in [5, 5.41) is 2.74. The quantitative estimate of drug-likeness (QED) is 0.747. The number of ether oxygens (including phenoxy) is 2. The predicted octanol–water partition coefficient (Wildman–Crippen LogP) is 1.15. The molecule has 0 unspecified atom stereocenters. The first-order chi connectivity index (χ1) is 12.5. The number of amidine groups is 1. The third kappa shape index (κ3) is 4.30. The summed E-state index contributed by atoms with van der Waals surface area (Å²) in [5.41, 5.74) is 0.770. The van der Waals surface area contributed by atoms with Crippen molar-refractivity contribution >= 4 is 27.5 Å². The summed E-state index contributed by atoms with van der Waals surface area (Å²) in [6, 6.07) is 6.87. The van der Waals surface area contributed by atoms with E-state index < -0.39 is 15.9 Å². The predicted molar refractivity (Wildman–Crippen MR) is 97.6 cm³/mol. The van der Waals surface area contributed by atoms with E-state index in [1.165, 1.54) is 0 Å². The second-order valence-electron chi connectivity index (χ2n) is 5.64. The van der Waals surface area contributed by atoms with Crippen LogP contribution in [0.15, 0.2) is 52.6 Å². The normalized spacial score (nSPS) is 17.8. The number of anilines is 1. The summed E-state index contributed by atoms with van der Waals surface area (Å²) < 4.78 is 37.6. The molecule has 1 amide bonds. The highest BCUT2D eigenvalue weighted by Gasteiger charge is 2.29. The molecule has 0 saturated carbocycles. The molecule has 0 aliphatic carbocycles. The molecule has 2 aliphatic heterocycles. The van der Waals surface area contributed by atoms with Gasteiger partial charge in [0.05, 0.1) is 17.9 Å². The number of fused-ring (bicyclic) bond motifs is 1. The van der Waals surface area contributed by atoms with Crippen LogP contribution in [0.1, 0.15) is 0 Å². The average molecular weight is 377 g/mol. The fourth-order valence-electron chi connectivity index (χ4n) is 2.47. The van der Waals surface area contributed by atoms with Crippen molar-refractivity contribution in [2.75, 3.05) is 37.9 Å². The first-order valence-corrected chi connectivity index (χ1v) is 9.61. The van der Waals surface area contributed by atoms with E-state index in [2.05, 4.69) is 9.71 Å². The number of nitrogens with zero attached hydrogens (tertiary/aromatic N) is 2. The van der Waals surface area contributed by atoms with Gasteiger partial charge in [0.1, 0.15) is 12.4 Å². The van der Waals surface area contributed by atoms with Crippen LogP contribution in [0, 0.1) is 0 Å². The van der Waals surface area contributed by atoms with Gasteiger partial charge in [0.15, 0.2) is 5.84 Å². The number of nitrogens with one attached hydrogen (secondary N) is 1. The number of rotatable bonds is 6. The maximum Gasteiger partial charge on any atom is 0.259 e. The summed E-state index contributed by atoms with van der Waals surface area (Å²) >= 11 is 0. The van der Waals surface area contributed by atoms with Crippen LogP contribution >= 0.6 is 0 Å². The van der Waals surface area contributed by atoms with Gasteiger partial charge in [-0.3, -0.25) is 4.79 Å². The van der Waals surface area contributed by atoms with E-state index in [4.69, 9.17) is 9.47 Å². The molecular weight excluding hydrogens is 358 g/mol. The van der Waals surface area contributed by atoms with Crippen LogP contribution in [-0.4, -0.2) is 57.7 Å². The molecule has 1 aromatic rings. The fourth-order valence-corrected chi connectivity index (χ4v) is 3.45. The van der Waals surface area contributed by atoms with Gasteiger partial charge in [0.2, 0.25) is 0 Å². The van der Waals surface area contributed by atoms with Crippen molar-refractivity contribution in [2.45, 2.75) is 0 Å². The molecular formula is C17H19N3O5S. The van der Waals surface area contributed by atoms with Gasteiger partial charge in [-0.05, 0) is 36.4 Å². The molecule has 1 aromatic carbocycles. The minimum absolute atomic E-state index is 0.0692. The Balaban J connectivity index is 1.70. The molecule has 8 nitrogen and oxygen atoms in total. The molecule has 2 heterocycles. The van der Waals surface area contributed by atoms with E-state index in [0.29, 0.717) is 24.7 Å². The summed E-state index contributed by atoms with van der Waals surface area (Å²) in [4.78, 5) is 14.2. The number of amides is 1. The standard InChI is InChI=1S/C17H19N3O5S/c1-24-10-11-25-14-6-4-13(5-7-14)18-17(21)15-3-2-8-20-9-12-26(22,23)19-16(15)20/h2-8H,9-12H2,1H3,(H,18,21). The molecule has 1 N–H and O–H groups in total. The summed E-state index contributed by atoms with van der Waals surface area (Å²) in [7, 11) is -1.95. The van der Waals surface area contributed by atoms with Crippen molar-refractivity contribution in [1.82, 2.24) is 4.90 Å². The Morgan fingerprint density at radius 1 is 1.27 bits per heavy atom. The van der Waals surface area contributed by atoms with Crippen LogP contribution in [-0.2, 0) is 19.6 Å². The molecule has 138 valence electrons. The van der Waals surface area contributed by atoms with Crippen molar-refractivity contribution in [1.29, 1.82) is 0 Å². The van der Waals surface area contributed by atoms with Crippen molar-refractivity contribution in [3.8, 4) is 5.75 Å². The highest BCUT2D eigenvalue weighted by Crippen LogP contribution is 2.20. The van der Waals surface area contributed by atoms with E-state index in [-0.39, 0.29) is 23.7 Å². The Labute approximate surface area is 151 Å². The van der Waals surface area contributed by atoms with Gasteiger partial charge in [-0.1, -0.05) is 0 Å². The lowest BCUT2D eigenvalue weighted by Gasteiger charge is -2.28. The summed E-state index contributed by atoms with van der Waals surface area (Å²) in [6.45, 7) is 1.20. The largest absolute Gasteiger partial charge is 0.491 e. The molecule has 0 aromatic heterocycles. The van der Waals surface area contributed by atoms with Crippen molar-refractivity contribution in [2.24, 2.45) is 4.40 Å². The minimum Gasteiger partial charge on any atom is -0.491 e. The lowest BCUT2D eigenvalue weighted by molar-refractivity contribution is -0.112. The van der Waals surface area contributed by atoms with E-state index >= 15 is 0 Å². The van der Waals surface area contributed by atoms with Gasteiger partial charge >= 0.3 is 0 Å². The Bertz CT molecular complexity index is 872. The smallest absolute Gasteiger partial charge is 0.259 e. The topological polar surface area (TPSA) is 97.3 Å². The maximum absolute atomic E-state index is 12.6. The third-order valence-electron chi connectivity index (χ3n) is 3.77. The zero-order valence-electron chi connectivity index (χ0n) is 14.2. The Kier molecular flexibility index (Phi) is 5.38. The van der Waals surface area contributed by atoms with E-state index in [0.717, 1.165) is 0 Å². The van der Waals surface area contributed by atoms with E-state index in [1.807, 2.05) is 0 Å². The number of hydrogen-bond donors (Lipinski definition) is 1. The minimum atomic E-state index is -3.54. The molecule has 9 heteroatoms. The highest BCUT2D eigenvalue weighted by molar-refractivity contribution is 7.90. The lowest BCUT2D eigenvalue weighted by Crippen LogP contribution is -2.40. The number of carbonyl (C=O) groups is 1. The Morgan fingerprint density at radius 2 is 2.04 bits per heavy atom. The van der Waals surface area contributed by atoms with Crippen molar-refractivity contribution < 1.29 is 22.7 Å². The second-order valence-corrected chi connectivity index (χ2v) is 7.39. The van der Waals surface area contributed by atoms with Gasteiger partial charge in [0, 0.05) is 25.5 Å². The van der Waals surface area contributed by atoms with Crippen molar-refractivity contribution in [3.63, 3.8) is 0 Å². The van der Waals surface area contributed by atoms with Crippen LogP contribution in [0.5, 0.6) is 5.75 Å². The van der Waals surface area contributed by atoms with Crippen LogP contribution in [0.2, 0.25) is 0 Å². The monoisotopic (exact) mass is 377 g/mol. The molecule has 2 aliphatic rings. The van der Waals surface area contributed by atoms with Gasteiger partial charge in [-0.2, -0.15) is 0 Å². The molecule has 0 radical (unpaired) electrons. The number of allylic oxidation sites excluding steroid dienone is 2. The zero-order chi connectivity index (χ0) is 18.6. The number of hydrogen-bond acceptors (Lipinski definition) is 6. The summed E-state index contributed by atoms with van der Waals surface area (Å²) in [5.74, 6) is 0.313. The SMILES string of the molecule is COCCOc1ccc(NC(=O)C2=CC=CN3CCS(=O)(=O)N=C23)cc1. The molecule has 0 spiro atoms. The lowest BCUT2D eigenvalue weighted by atomic mass is 10.1. The van der Waals surface area contributed by atoms with Gasteiger partial charge < -0.3 is 19.7 Å². The molecule has 0 fully saturated rings. The zero-order valence-corrected chi connectivity index (χ0v) is 15.0. The number of sulfonamides is 1. The second kappa shape index (κ2) is 7.71. The van der Waals surface area contributed by atoms with E-state index in [1.54, 1.807) is 54.6 Å². The first kappa shape index (κ1) is 18.2. The van der Waals surface area contributed by atoms with Crippen LogP contribution in [0.25, 0.3) is 0 Å². The fraction of sp³-hybridized carbons (Fsp3) is 0.294. The number of benzene rings is 1. The first-order valence-electron chi connectivity index (χ1n) is 8.00. The van der Waals surface area contributed by atoms with Gasteiger partial charge in [0.25, 0.3) is 15.9 Å². The van der Waals surface area contributed by atoms with E-state index in [9.17, 15) is 13.2 Å². The Hall–Kier alpha value is -2.65. The molecule has 0 bridgehead atoms. The molecule has 3 rings (SSSR count). The molecule has 0 saturated heterocycles. The van der Waals surface area contributed by atoms with Crippen molar-refractivity contribution in [3.05, 3.63) is 48.2 Å². The number of methoxy groups -OCH3 is 1. The van der Waals surface area contributed by atoms with Crippen LogP contribution in [0.4, 0.5) is 5.69 Å². The molecule has 0 atom stereocenters. The maximum atomic E-state index is 12.6. The average Bonchev–Trinajstić information content (AvgIpc) is 2.62. The Morgan fingerprint density at radius 3 is 2.77 bits per heavy atom. The van der Waals surface area contributed by atoms with Gasteiger partial charge in [-0.15, -0.1) is 4.40 Å². The van der Waals surface area contributed by atoms with Crippen LogP contribution < -0.4 is 10.1 Å². The third-order valence-corrected chi connectivity index (χ3v) is 4.92.